The molecule has 0 spiro atoms. The van der Waals surface area contributed by atoms with Crippen LogP contribution >= 0.6 is 0 Å². The van der Waals surface area contributed by atoms with E-state index >= 15 is 0 Å². The van der Waals surface area contributed by atoms with Crippen LogP contribution in [0.15, 0.2) is 36.0 Å². The lowest BCUT2D eigenvalue weighted by atomic mass is 10.1. The molecular formula is C13H14N4. The van der Waals surface area contributed by atoms with Crippen molar-refractivity contribution in [1.29, 1.82) is 10.5 Å². The molecule has 1 aromatic carbocycles. The van der Waals surface area contributed by atoms with Gasteiger partial charge in [-0.05, 0) is 37.7 Å². The number of nitriles is 2. The van der Waals surface area contributed by atoms with Crippen LogP contribution in [0.3, 0.4) is 0 Å². The van der Waals surface area contributed by atoms with Crippen molar-refractivity contribution >= 4 is 5.69 Å². The highest BCUT2D eigenvalue weighted by atomic mass is 14.8. The first kappa shape index (κ1) is 12.8. The van der Waals surface area contributed by atoms with Crippen LogP contribution in [0, 0.1) is 22.7 Å². The predicted molar refractivity (Wildman–Crippen MR) is 67.0 cm³/mol. The molecule has 0 fully saturated rings. The van der Waals surface area contributed by atoms with E-state index in [2.05, 4.69) is 10.6 Å². The first-order valence-electron chi connectivity index (χ1n) is 5.30. The summed E-state index contributed by atoms with van der Waals surface area (Å²) >= 11 is 0. The van der Waals surface area contributed by atoms with Crippen LogP contribution in [-0.2, 0) is 6.42 Å². The molecule has 0 amide bonds. The zero-order valence-corrected chi connectivity index (χ0v) is 9.70. The van der Waals surface area contributed by atoms with Crippen molar-refractivity contribution in [3.05, 3.63) is 41.6 Å². The lowest BCUT2D eigenvalue weighted by Crippen LogP contribution is -2.10. The number of benzene rings is 1. The number of allylic oxidation sites excluding steroid dienone is 1. The lowest BCUT2D eigenvalue weighted by molar-refractivity contribution is 0.792. The maximum Gasteiger partial charge on any atom is 0.145 e. The Morgan fingerprint density at radius 2 is 1.88 bits per heavy atom. The van der Waals surface area contributed by atoms with E-state index in [1.807, 2.05) is 31.3 Å². The molecule has 1 rings (SSSR count). The van der Waals surface area contributed by atoms with E-state index in [0.717, 1.165) is 18.7 Å². The summed E-state index contributed by atoms with van der Waals surface area (Å²) in [6, 6.07) is 11.5. The minimum absolute atomic E-state index is 0.0595. The van der Waals surface area contributed by atoms with E-state index in [0.29, 0.717) is 0 Å². The Hall–Kier alpha value is -2.30. The summed E-state index contributed by atoms with van der Waals surface area (Å²) in [7, 11) is 1.92. The molecule has 0 aromatic heterocycles. The van der Waals surface area contributed by atoms with Crippen LogP contribution in [0.25, 0.3) is 0 Å². The molecule has 0 saturated heterocycles. The molecule has 0 radical (unpaired) electrons. The van der Waals surface area contributed by atoms with Crippen LogP contribution in [0.1, 0.15) is 5.56 Å². The van der Waals surface area contributed by atoms with Gasteiger partial charge in [-0.15, -0.1) is 0 Å². The van der Waals surface area contributed by atoms with Gasteiger partial charge in [-0.25, -0.2) is 0 Å². The maximum atomic E-state index is 8.56. The third kappa shape index (κ3) is 4.38. The highest BCUT2D eigenvalue weighted by Crippen LogP contribution is 2.10. The molecule has 0 saturated carbocycles. The first-order valence-corrected chi connectivity index (χ1v) is 5.30. The van der Waals surface area contributed by atoms with E-state index in [-0.39, 0.29) is 5.57 Å². The van der Waals surface area contributed by atoms with Crippen molar-refractivity contribution in [3.8, 4) is 12.1 Å². The van der Waals surface area contributed by atoms with Gasteiger partial charge in [-0.1, -0.05) is 12.1 Å². The summed E-state index contributed by atoms with van der Waals surface area (Å²) in [5.74, 6) is 0. The molecule has 0 aliphatic carbocycles. The second kappa shape index (κ2) is 7.05. The molecule has 1 aromatic rings. The SMILES string of the molecule is CNCCc1ccc(NC=C(C#N)C#N)cc1. The number of likely N-dealkylation sites (N-methyl/N-ethyl adjacent to an activating group) is 1. The zero-order valence-electron chi connectivity index (χ0n) is 9.70. The van der Waals surface area contributed by atoms with Gasteiger partial charge in [0, 0.05) is 11.9 Å². The molecule has 86 valence electrons. The van der Waals surface area contributed by atoms with Crippen molar-refractivity contribution in [2.24, 2.45) is 0 Å². The maximum absolute atomic E-state index is 8.56. The Morgan fingerprint density at radius 3 is 2.41 bits per heavy atom. The molecule has 0 unspecified atom stereocenters. The first-order chi connectivity index (χ1) is 8.30. The van der Waals surface area contributed by atoms with Crippen molar-refractivity contribution in [3.63, 3.8) is 0 Å². The van der Waals surface area contributed by atoms with Gasteiger partial charge in [0.15, 0.2) is 0 Å². The van der Waals surface area contributed by atoms with Gasteiger partial charge >= 0.3 is 0 Å². The van der Waals surface area contributed by atoms with E-state index in [1.165, 1.54) is 11.8 Å². The molecule has 0 bridgehead atoms. The summed E-state index contributed by atoms with van der Waals surface area (Å²) in [5.41, 5.74) is 2.17. The second-order valence-electron chi connectivity index (χ2n) is 3.48. The fourth-order valence-electron chi connectivity index (χ4n) is 1.28. The molecule has 0 atom stereocenters. The summed E-state index contributed by atoms with van der Waals surface area (Å²) in [6.07, 6.45) is 2.39. The van der Waals surface area contributed by atoms with Gasteiger partial charge < -0.3 is 10.6 Å². The van der Waals surface area contributed by atoms with Crippen LogP contribution in [0.5, 0.6) is 0 Å². The van der Waals surface area contributed by atoms with Gasteiger partial charge in [0.05, 0.1) is 0 Å². The third-order valence-electron chi connectivity index (χ3n) is 2.24. The van der Waals surface area contributed by atoms with E-state index in [4.69, 9.17) is 10.5 Å². The third-order valence-corrected chi connectivity index (χ3v) is 2.24. The summed E-state index contributed by atoms with van der Waals surface area (Å²) in [5, 5.41) is 23.1. The van der Waals surface area contributed by atoms with Crippen molar-refractivity contribution in [1.82, 2.24) is 5.32 Å². The van der Waals surface area contributed by atoms with Crippen LogP contribution < -0.4 is 10.6 Å². The summed E-state index contributed by atoms with van der Waals surface area (Å²) in [4.78, 5) is 0. The fourth-order valence-corrected chi connectivity index (χ4v) is 1.28. The van der Waals surface area contributed by atoms with Crippen LogP contribution in [0.4, 0.5) is 5.69 Å². The van der Waals surface area contributed by atoms with Gasteiger partial charge in [-0.3, -0.25) is 0 Å². The standard InChI is InChI=1S/C13H14N4/c1-16-7-6-11-2-4-13(5-3-11)17-10-12(8-14)9-15/h2-5,10,16-17H,6-7H2,1H3. The van der Waals surface area contributed by atoms with Gasteiger partial charge in [0.2, 0.25) is 0 Å². The summed E-state index contributed by atoms with van der Waals surface area (Å²) < 4.78 is 0. The Balaban J connectivity index is 2.61. The Bertz CT molecular complexity index is 444. The van der Waals surface area contributed by atoms with Gasteiger partial charge in [0.1, 0.15) is 17.7 Å². The topological polar surface area (TPSA) is 71.6 Å². The monoisotopic (exact) mass is 226 g/mol. The zero-order chi connectivity index (χ0) is 12.5. The molecule has 4 nitrogen and oxygen atoms in total. The molecule has 0 aliphatic rings. The average Bonchev–Trinajstić information content (AvgIpc) is 2.39. The smallest absolute Gasteiger partial charge is 0.145 e. The van der Waals surface area contributed by atoms with Crippen LogP contribution in [0.2, 0.25) is 0 Å². The fraction of sp³-hybridized carbons (Fsp3) is 0.231. The van der Waals surface area contributed by atoms with E-state index in [9.17, 15) is 0 Å². The van der Waals surface area contributed by atoms with Crippen LogP contribution in [-0.4, -0.2) is 13.6 Å². The minimum atomic E-state index is 0.0595. The molecule has 4 heteroatoms. The largest absolute Gasteiger partial charge is 0.360 e. The number of rotatable bonds is 5. The lowest BCUT2D eigenvalue weighted by Gasteiger charge is -2.03. The highest BCUT2D eigenvalue weighted by Gasteiger charge is 1.94. The normalized spacial score (nSPS) is 8.88. The van der Waals surface area contributed by atoms with Crippen molar-refractivity contribution in [2.45, 2.75) is 6.42 Å². The Morgan fingerprint density at radius 1 is 1.24 bits per heavy atom. The molecule has 2 N–H and O–H groups in total. The average molecular weight is 226 g/mol. The Labute approximate surface area is 101 Å². The van der Waals surface area contributed by atoms with Gasteiger partial charge in [-0.2, -0.15) is 10.5 Å². The molecule has 0 heterocycles. The highest BCUT2D eigenvalue weighted by molar-refractivity contribution is 5.50. The molecule has 0 aliphatic heterocycles. The number of nitrogens with one attached hydrogen (secondary N) is 2. The number of anilines is 1. The minimum Gasteiger partial charge on any atom is -0.360 e. The summed E-state index contributed by atoms with van der Waals surface area (Å²) in [6.45, 7) is 0.944. The molecular weight excluding hydrogens is 212 g/mol. The second-order valence-corrected chi connectivity index (χ2v) is 3.48. The van der Waals surface area contributed by atoms with Gasteiger partial charge in [0.25, 0.3) is 0 Å². The van der Waals surface area contributed by atoms with E-state index < -0.39 is 0 Å². The molecule has 17 heavy (non-hydrogen) atoms. The van der Waals surface area contributed by atoms with Crippen molar-refractivity contribution in [2.75, 3.05) is 18.9 Å². The quantitative estimate of drug-likeness (QED) is 0.751. The number of hydrogen-bond acceptors (Lipinski definition) is 4. The number of nitrogens with zero attached hydrogens (tertiary/aromatic N) is 2. The predicted octanol–water partition coefficient (Wildman–Crippen LogP) is 1.79. The van der Waals surface area contributed by atoms with E-state index in [1.54, 1.807) is 12.1 Å². The number of hydrogen-bond donors (Lipinski definition) is 2. The van der Waals surface area contributed by atoms with Crippen molar-refractivity contribution < 1.29 is 0 Å². The Kier molecular flexibility index (Phi) is 5.30.